The second kappa shape index (κ2) is 13.2. The first-order valence-electron chi connectivity index (χ1n) is 14.0. The highest BCUT2D eigenvalue weighted by Crippen LogP contribution is 2.44. The average molecular weight is 675 g/mol. The molecule has 8 nitrogen and oxygen atoms in total. The monoisotopic (exact) mass is 674 g/mol. The number of hydrogen-bond donors (Lipinski definition) is 1. The van der Waals surface area contributed by atoms with Crippen LogP contribution in [0.5, 0.6) is 11.5 Å². The molecule has 1 saturated heterocycles. The third-order valence-electron chi connectivity index (χ3n) is 8.06. The molecule has 0 atom stereocenters. The van der Waals surface area contributed by atoms with E-state index in [1.807, 2.05) is 0 Å². The van der Waals surface area contributed by atoms with Gasteiger partial charge in [-0.25, -0.2) is 14.2 Å². The number of halogens is 9. The molecule has 1 N–H and O–H groups in total. The smallest absolute Gasteiger partial charge is 0.439 e. The lowest BCUT2D eigenvalue weighted by atomic mass is 9.82. The average Bonchev–Trinajstić information content (AvgIpc) is 3.58. The number of aromatic nitrogens is 3. The van der Waals surface area contributed by atoms with E-state index in [0.717, 1.165) is 23.5 Å². The summed E-state index contributed by atoms with van der Waals surface area (Å²) in [5.41, 5.74) is 0.0862. The van der Waals surface area contributed by atoms with E-state index in [4.69, 9.17) is 4.74 Å². The maximum atomic E-state index is 15.1. The van der Waals surface area contributed by atoms with Gasteiger partial charge in [-0.3, -0.25) is 14.4 Å². The van der Waals surface area contributed by atoms with Crippen molar-refractivity contribution in [2.24, 2.45) is 11.8 Å². The largest absolute Gasteiger partial charge is 0.485 e. The predicted octanol–water partition coefficient (Wildman–Crippen LogP) is 7.42. The zero-order chi connectivity index (χ0) is 32.5. The number of hydrogen-bond acceptors (Lipinski definition) is 8. The molecule has 1 aromatic carbocycles. The molecule has 0 bridgehead atoms. The van der Waals surface area contributed by atoms with E-state index in [1.54, 1.807) is 4.90 Å². The summed E-state index contributed by atoms with van der Waals surface area (Å²) >= 11 is 1.15. The van der Waals surface area contributed by atoms with Crippen LogP contribution >= 0.6 is 11.3 Å². The van der Waals surface area contributed by atoms with Crippen molar-refractivity contribution in [1.29, 1.82) is 0 Å². The minimum absolute atomic E-state index is 0.0683. The normalized spacial score (nSPS) is 20.6. The number of piperidine rings is 1. The van der Waals surface area contributed by atoms with Crippen molar-refractivity contribution < 1.29 is 53.5 Å². The predicted molar refractivity (Wildman–Crippen MR) is 140 cm³/mol. The van der Waals surface area contributed by atoms with Gasteiger partial charge in [0.1, 0.15) is 12.4 Å². The van der Waals surface area contributed by atoms with Crippen molar-refractivity contribution in [1.82, 2.24) is 20.0 Å². The Morgan fingerprint density at radius 3 is 2.20 bits per heavy atom. The topological polar surface area (TPSA) is 93.5 Å². The Morgan fingerprint density at radius 2 is 1.62 bits per heavy atom. The molecule has 0 spiro atoms. The Labute approximate surface area is 253 Å². The van der Waals surface area contributed by atoms with Crippen LogP contribution in [-0.4, -0.2) is 52.1 Å². The molecule has 1 aliphatic carbocycles. The molecule has 2 aliphatic rings. The minimum atomic E-state index is -4.30. The van der Waals surface area contributed by atoms with Crippen molar-refractivity contribution >= 4 is 11.3 Å². The number of nitrogens with one attached hydrogen (secondary N) is 1. The molecule has 1 aliphatic heterocycles. The van der Waals surface area contributed by atoms with Gasteiger partial charge in [0.25, 0.3) is 0 Å². The summed E-state index contributed by atoms with van der Waals surface area (Å²) in [6.07, 6.45) is -8.46. The van der Waals surface area contributed by atoms with Gasteiger partial charge in [-0.15, -0.1) is 11.3 Å². The lowest BCUT2D eigenvalue weighted by Crippen LogP contribution is -2.38. The molecule has 5 rings (SSSR count). The number of thiazole rings is 1. The molecule has 45 heavy (non-hydrogen) atoms. The Kier molecular flexibility index (Phi) is 9.72. The van der Waals surface area contributed by atoms with Crippen LogP contribution in [0.2, 0.25) is 0 Å². The maximum Gasteiger partial charge on any atom is 0.439 e. The molecular weight excluding hydrogens is 647 g/mol. The standard InChI is InChI=1S/C27H27F9N4O4S/c28-17-9-16(22-38-25(41)44-39-22)19(43-24(29)30)10-20(17)42-12-21-18(11-40-7-5-15(6-8-40)27(34,35)36)37-23(45-21)13-1-3-14(4-2-13)26(31,32)33/h9-10,13-15,24H,1-8,11-12H2,(H,38,39,41)/t13-,14-. The number of H-pyrrole nitrogens is 1. The van der Waals surface area contributed by atoms with Gasteiger partial charge in [-0.2, -0.15) is 35.1 Å². The summed E-state index contributed by atoms with van der Waals surface area (Å²) in [5, 5.41) is 3.90. The molecule has 3 aromatic rings. The van der Waals surface area contributed by atoms with Crippen LogP contribution < -0.4 is 15.2 Å². The highest BCUT2D eigenvalue weighted by molar-refractivity contribution is 7.11. The molecule has 18 heteroatoms. The van der Waals surface area contributed by atoms with Crippen LogP contribution in [0.3, 0.4) is 0 Å². The van der Waals surface area contributed by atoms with E-state index >= 15 is 4.39 Å². The molecule has 0 unspecified atom stereocenters. The zero-order valence-electron chi connectivity index (χ0n) is 23.3. The summed E-state index contributed by atoms with van der Waals surface area (Å²) in [6.45, 7) is -3.23. The van der Waals surface area contributed by atoms with Gasteiger partial charge < -0.3 is 9.47 Å². The van der Waals surface area contributed by atoms with Crippen LogP contribution in [0.15, 0.2) is 21.5 Å². The summed E-state index contributed by atoms with van der Waals surface area (Å²) in [5.74, 6) is -6.59. The van der Waals surface area contributed by atoms with Crippen LogP contribution in [0, 0.1) is 17.7 Å². The van der Waals surface area contributed by atoms with Crippen molar-refractivity contribution in [3.8, 4) is 22.9 Å². The third kappa shape index (κ3) is 8.12. The van der Waals surface area contributed by atoms with Gasteiger partial charge in [0.2, 0.25) is 0 Å². The fraction of sp³-hybridized carbons (Fsp3) is 0.593. The lowest BCUT2D eigenvalue weighted by molar-refractivity contribution is -0.185. The number of rotatable bonds is 9. The van der Waals surface area contributed by atoms with Crippen LogP contribution in [0.25, 0.3) is 11.4 Å². The summed E-state index contributed by atoms with van der Waals surface area (Å²) in [4.78, 5) is 20.3. The van der Waals surface area contributed by atoms with Crippen molar-refractivity contribution in [2.45, 2.75) is 76.6 Å². The van der Waals surface area contributed by atoms with Crippen molar-refractivity contribution in [3.05, 3.63) is 44.1 Å². The Bertz CT molecular complexity index is 1500. The van der Waals surface area contributed by atoms with Crippen LogP contribution in [0.1, 0.15) is 60.0 Å². The van der Waals surface area contributed by atoms with Gasteiger partial charge in [-0.1, -0.05) is 5.16 Å². The van der Waals surface area contributed by atoms with E-state index in [1.165, 1.54) is 0 Å². The van der Waals surface area contributed by atoms with Gasteiger partial charge >= 0.3 is 24.7 Å². The Hall–Kier alpha value is -3.28. The molecule has 1 saturated carbocycles. The lowest BCUT2D eigenvalue weighted by Gasteiger charge is -2.32. The third-order valence-corrected chi connectivity index (χ3v) is 9.30. The van der Waals surface area contributed by atoms with Gasteiger partial charge in [0.15, 0.2) is 17.4 Å². The first-order chi connectivity index (χ1) is 21.2. The first kappa shape index (κ1) is 33.1. The number of likely N-dealkylation sites (tertiary alicyclic amines) is 1. The van der Waals surface area contributed by atoms with Gasteiger partial charge in [0.05, 0.1) is 33.0 Å². The molecule has 248 valence electrons. The zero-order valence-corrected chi connectivity index (χ0v) is 24.1. The Morgan fingerprint density at radius 1 is 0.978 bits per heavy atom. The number of ether oxygens (including phenoxy) is 2. The number of benzene rings is 1. The number of alkyl halides is 8. The highest BCUT2D eigenvalue weighted by Gasteiger charge is 2.43. The maximum absolute atomic E-state index is 15.1. The fourth-order valence-electron chi connectivity index (χ4n) is 5.63. The van der Waals surface area contributed by atoms with Gasteiger partial charge in [-0.05, 0) is 57.7 Å². The minimum Gasteiger partial charge on any atom is -0.485 e. The summed E-state index contributed by atoms with van der Waals surface area (Å²) in [6, 6.07) is 1.59. The van der Waals surface area contributed by atoms with E-state index in [9.17, 15) is 39.9 Å². The second-order valence-corrected chi connectivity index (χ2v) is 12.1. The second-order valence-electron chi connectivity index (χ2n) is 11.0. The molecule has 3 heterocycles. The molecule has 2 aromatic heterocycles. The van der Waals surface area contributed by atoms with E-state index in [-0.39, 0.29) is 82.1 Å². The van der Waals surface area contributed by atoms with Crippen molar-refractivity contribution in [3.63, 3.8) is 0 Å². The highest BCUT2D eigenvalue weighted by atomic mass is 32.1. The van der Waals surface area contributed by atoms with E-state index in [0.29, 0.717) is 15.6 Å². The molecule has 0 amide bonds. The van der Waals surface area contributed by atoms with E-state index < -0.39 is 53.9 Å². The summed E-state index contributed by atoms with van der Waals surface area (Å²) < 4.78 is 135. The van der Waals surface area contributed by atoms with Gasteiger partial charge in [0, 0.05) is 18.5 Å². The quantitative estimate of drug-likeness (QED) is 0.236. The summed E-state index contributed by atoms with van der Waals surface area (Å²) in [7, 11) is 0. The van der Waals surface area contributed by atoms with Crippen LogP contribution in [0.4, 0.5) is 39.5 Å². The first-order valence-corrected chi connectivity index (χ1v) is 14.8. The SMILES string of the molecule is O=c1[nH]c(-c2cc(F)c(OCc3sc([C@H]4CC[C@H](C(F)(F)F)CC4)nc3CN3CCC(C(F)(F)F)CC3)cc2OC(F)F)no1. The van der Waals surface area contributed by atoms with Crippen molar-refractivity contribution in [2.75, 3.05) is 13.1 Å². The molecular formula is C27H27F9N4O4S. The van der Waals surface area contributed by atoms with E-state index in [2.05, 4.69) is 24.4 Å². The molecule has 0 radical (unpaired) electrons. The fourth-order valence-corrected chi connectivity index (χ4v) is 6.78. The van der Waals surface area contributed by atoms with Crippen LogP contribution in [-0.2, 0) is 13.2 Å². The molecule has 2 fully saturated rings. The Balaban J connectivity index is 1.37. The number of nitrogens with zero attached hydrogens (tertiary/aromatic N) is 3. The number of aromatic amines is 1.